The Balaban J connectivity index is 1.84. The number of aromatic nitrogens is 1. The van der Waals surface area contributed by atoms with Crippen LogP contribution in [0.15, 0.2) is 48.7 Å². The predicted molar refractivity (Wildman–Crippen MR) is 82.9 cm³/mol. The van der Waals surface area contributed by atoms with Crippen LogP contribution in [0.3, 0.4) is 0 Å². The molecule has 1 aliphatic rings. The van der Waals surface area contributed by atoms with E-state index in [9.17, 15) is 4.39 Å². The highest BCUT2D eigenvalue weighted by Gasteiger charge is 2.25. The summed E-state index contributed by atoms with van der Waals surface area (Å²) in [7, 11) is 2.09. The van der Waals surface area contributed by atoms with Gasteiger partial charge in [0.1, 0.15) is 5.82 Å². The third kappa shape index (κ3) is 2.14. The van der Waals surface area contributed by atoms with Crippen molar-refractivity contribution in [1.29, 1.82) is 0 Å². The van der Waals surface area contributed by atoms with Gasteiger partial charge in [0.05, 0.1) is 0 Å². The Labute approximate surface area is 123 Å². The van der Waals surface area contributed by atoms with Crippen molar-refractivity contribution in [2.45, 2.75) is 12.5 Å². The zero-order valence-electron chi connectivity index (χ0n) is 11.9. The molecule has 0 amide bonds. The molecular formula is C18H17FN2. The fourth-order valence-electron chi connectivity index (χ4n) is 3.39. The first-order valence-corrected chi connectivity index (χ1v) is 7.24. The second kappa shape index (κ2) is 4.71. The van der Waals surface area contributed by atoms with Gasteiger partial charge in [-0.1, -0.05) is 12.1 Å². The SMILES string of the molecule is CN1Cc2cc(F)ccc2C(c2ccc3[nH]ccc3c2)C1. The highest BCUT2D eigenvalue weighted by Crippen LogP contribution is 2.34. The van der Waals surface area contributed by atoms with Crippen molar-refractivity contribution in [3.63, 3.8) is 0 Å². The van der Waals surface area contributed by atoms with Crippen LogP contribution >= 0.6 is 0 Å². The fraction of sp³-hybridized carbons (Fsp3) is 0.222. The molecular weight excluding hydrogens is 263 g/mol. The van der Waals surface area contributed by atoms with Crippen LogP contribution in [0.5, 0.6) is 0 Å². The number of hydrogen-bond donors (Lipinski definition) is 1. The Bertz CT molecular complexity index is 806. The molecule has 0 bridgehead atoms. The number of nitrogens with zero attached hydrogens (tertiary/aromatic N) is 1. The van der Waals surface area contributed by atoms with Crippen LogP contribution in [-0.2, 0) is 6.54 Å². The van der Waals surface area contributed by atoms with E-state index in [1.54, 1.807) is 12.1 Å². The predicted octanol–water partition coefficient (Wildman–Crippen LogP) is 3.88. The standard InChI is InChI=1S/C18H17FN2/c1-21-10-14-9-15(19)3-4-16(14)17(11-21)12-2-5-18-13(8-12)6-7-20-18/h2-9,17,20H,10-11H2,1H3. The van der Waals surface area contributed by atoms with E-state index in [1.165, 1.54) is 16.5 Å². The lowest BCUT2D eigenvalue weighted by Crippen LogP contribution is -2.31. The van der Waals surface area contributed by atoms with Crippen LogP contribution in [0, 0.1) is 5.82 Å². The molecule has 1 unspecified atom stereocenters. The van der Waals surface area contributed by atoms with Crippen LogP contribution in [-0.4, -0.2) is 23.5 Å². The van der Waals surface area contributed by atoms with E-state index in [0.717, 1.165) is 24.2 Å². The van der Waals surface area contributed by atoms with E-state index in [4.69, 9.17) is 0 Å². The molecule has 1 N–H and O–H groups in total. The molecule has 2 heterocycles. The average Bonchev–Trinajstić information content (AvgIpc) is 2.93. The summed E-state index contributed by atoms with van der Waals surface area (Å²) in [5, 5.41) is 1.23. The van der Waals surface area contributed by atoms with Crippen LogP contribution in [0.1, 0.15) is 22.6 Å². The van der Waals surface area contributed by atoms with Gasteiger partial charge in [0.15, 0.2) is 0 Å². The van der Waals surface area contributed by atoms with Gasteiger partial charge in [-0.3, -0.25) is 0 Å². The number of nitrogens with one attached hydrogen (secondary N) is 1. The minimum absolute atomic E-state index is 0.149. The first-order valence-electron chi connectivity index (χ1n) is 7.24. The minimum atomic E-state index is -0.149. The van der Waals surface area contributed by atoms with Crippen molar-refractivity contribution in [2.75, 3.05) is 13.6 Å². The van der Waals surface area contributed by atoms with Crippen molar-refractivity contribution < 1.29 is 4.39 Å². The monoisotopic (exact) mass is 280 g/mol. The zero-order valence-corrected chi connectivity index (χ0v) is 11.9. The van der Waals surface area contributed by atoms with Crippen molar-refractivity contribution in [3.8, 4) is 0 Å². The molecule has 1 aliphatic heterocycles. The quantitative estimate of drug-likeness (QED) is 0.716. The van der Waals surface area contributed by atoms with Crippen molar-refractivity contribution in [1.82, 2.24) is 9.88 Å². The normalized spacial score (nSPS) is 18.9. The van der Waals surface area contributed by atoms with Gasteiger partial charge >= 0.3 is 0 Å². The summed E-state index contributed by atoms with van der Waals surface area (Å²) in [5.74, 6) is 0.155. The maximum atomic E-state index is 13.5. The molecule has 0 saturated carbocycles. The number of aromatic amines is 1. The van der Waals surface area contributed by atoms with Crippen molar-refractivity contribution >= 4 is 10.9 Å². The summed E-state index contributed by atoms with van der Waals surface area (Å²) >= 11 is 0. The van der Waals surface area contributed by atoms with E-state index in [1.807, 2.05) is 12.3 Å². The average molecular weight is 280 g/mol. The molecule has 1 aromatic heterocycles. The van der Waals surface area contributed by atoms with Gasteiger partial charge in [-0.15, -0.1) is 0 Å². The number of rotatable bonds is 1. The molecule has 0 saturated heterocycles. The van der Waals surface area contributed by atoms with E-state index in [-0.39, 0.29) is 5.82 Å². The maximum Gasteiger partial charge on any atom is 0.123 e. The summed E-state index contributed by atoms with van der Waals surface area (Å²) in [6.07, 6.45) is 1.96. The Hall–Kier alpha value is -2.13. The third-order valence-corrected chi connectivity index (χ3v) is 4.39. The Morgan fingerprint density at radius 1 is 1.14 bits per heavy atom. The summed E-state index contributed by atoms with van der Waals surface area (Å²) in [6.45, 7) is 1.78. The van der Waals surface area contributed by atoms with Crippen LogP contribution < -0.4 is 0 Å². The number of likely N-dealkylation sites (N-methyl/N-ethyl adjacent to an activating group) is 1. The number of hydrogen-bond acceptors (Lipinski definition) is 1. The number of benzene rings is 2. The molecule has 2 aromatic carbocycles. The number of halogens is 1. The summed E-state index contributed by atoms with van der Waals surface area (Å²) < 4.78 is 13.5. The Kier molecular flexibility index (Phi) is 2.82. The van der Waals surface area contributed by atoms with E-state index in [2.05, 4.69) is 41.2 Å². The minimum Gasteiger partial charge on any atom is -0.361 e. The fourth-order valence-corrected chi connectivity index (χ4v) is 3.39. The highest BCUT2D eigenvalue weighted by molar-refractivity contribution is 5.80. The van der Waals surface area contributed by atoms with Crippen molar-refractivity contribution in [3.05, 3.63) is 71.2 Å². The lowest BCUT2D eigenvalue weighted by molar-refractivity contribution is 0.294. The molecule has 3 aromatic rings. The lowest BCUT2D eigenvalue weighted by atomic mass is 9.84. The highest BCUT2D eigenvalue weighted by atomic mass is 19.1. The van der Waals surface area contributed by atoms with E-state index >= 15 is 0 Å². The second-order valence-electron chi connectivity index (χ2n) is 5.92. The number of H-pyrrole nitrogens is 1. The first-order chi connectivity index (χ1) is 10.2. The van der Waals surface area contributed by atoms with Crippen LogP contribution in [0.2, 0.25) is 0 Å². The molecule has 0 spiro atoms. The molecule has 0 aliphatic carbocycles. The van der Waals surface area contributed by atoms with E-state index in [0.29, 0.717) is 5.92 Å². The topological polar surface area (TPSA) is 19.0 Å². The van der Waals surface area contributed by atoms with Gasteiger partial charge in [-0.2, -0.15) is 0 Å². The van der Waals surface area contributed by atoms with Crippen LogP contribution in [0.4, 0.5) is 4.39 Å². The molecule has 0 radical (unpaired) electrons. The molecule has 106 valence electrons. The first kappa shape index (κ1) is 12.6. The molecule has 1 atom stereocenters. The molecule has 21 heavy (non-hydrogen) atoms. The largest absolute Gasteiger partial charge is 0.361 e. The summed E-state index contributed by atoms with van der Waals surface area (Å²) in [6, 6.07) is 13.8. The number of fused-ring (bicyclic) bond motifs is 2. The Morgan fingerprint density at radius 2 is 2.05 bits per heavy atom. The summed E-state index contributed by atoms with van der Waals surface area (Å²) in [5.41, 5.74) is 4.80. The molecule has 4 rings (SSSR count). The van der Waals surface area contributed by atoms with Crippen molar-refractivity contribution in [2.24, 2.45) is 0 Å². The molecule has 2 nitrogen and oxygen atoms in total. The molecule has 0 fully saturated rings. The van der Waals surface area contributed by atoms with Gasteiger partial charge < -0.3 is 9.88 Å². The smallest absolute Gasteiger partial charge is 0.123 e. The van der Waals surface area contributed by atoms with Gasteiger partial charge in [0.2, 0.25) is 0 Å². The van der Waals surface area contributed by atoms with Gasteiger partial charge in [0, 0.05) is 30.7 Å². The van der Waals surface area contributed by atoms with E-state index < -0.39 is 0 Å². The molecule has 3 heteroatoms. The van der Waals surface area contributed by atoms with Gasteiger partial charge in [0.25, 0.3) is 0 Å². The summed E-state index contributed by atoms with van der Waals surface area (Å²) in [4.78, 5) is 5.48. The zero-order chi connectivity index (χ0) is 14.4. The Morgan fingerprint density at radius 3 is 2.95 bits per heavy atom. The second-order valence-corrected chi connectivity index (χ2v) is 5.92. The van der Waals surface area contributed by atoms with Gasteiger partial charge in [-0.05, 0) is 59.5 Å². The lowest BCUT2D eigenvalue weighted by Gasteiger charge is -2.32. The van der Waals surface area contributed by atoms with Gasteiger partial charge in [-0.25, -0.2) is 4.39 Å². The third-order valence-electron chi connectivity index (χ3n) is 4.39. The van der Waals surface area contributed by atoms with Crippen LogP contribution in [0.25, 0.3) is 10.9 Å². The maximum absolute atomic E-state index is 13.5.